The van der Waals surface area contributed by atoms with Crippen molar-refractivity contribution in [2.45, 2.75) is 58.9 Å². The molecule has 3 rings (SSSR count). The molecule has 2 N–H and O–H groups in total. The summed E-state index contributed by atoms with van der Waals surface area (Å²) in [6, 6.07) is 2.53. The van der Waals surface area contributed by atoms with Crippen LogP contribution in [0.15, 0.2) is 0 Å². The Morgan fingerprint density at radius 1 is 1.23 bits per heavy atom. The summed E-state index contributed by atoms with van der Waals surface area (Å²) in [5.74, 6) is 0.697. The lowest BCUT2D eigenvalue weighted by molar-refractivity contribution is -0.123. The van der Waals surface area contributed by atoms with Gasteiger partial charge in [0.25, 0.3) is 0 Å². The van der Waals surface area contributed by atoms with Gasteiger partial charge in [-0.1, -0.05) is 13.8 Å². The molecular weight excluding hydrogens is 410 g/mol. The molecule has 1 aromatic rings. The predicted octanol–water partition coefficient (Wildman–Crippen LogP) is 2.61. The topological polar surface area (TPSA) is 88.5 Å². The first-order chi connectivity index (χ1) is 14.9. The van der Waals surface area contributed by atoms with Gasteiger partial charge >= 0.3 is 0 Å². The molecule has 8 heteroatoms. The summed E-state index contributed by atoms with van der Waals surface area (Å²) in [4.78, 5) is 30.3. The van der Waals surface area contributed by atoms with Gasteiger partial charge in [-0.3, -0.25) is 14.5 Å². The molecule has 2 heterocycles. The highest BCUT2D eigenvalue weighted by atomic mass is 32.1. The SMILES string of the molecule is CCC(C)NC(=O)CN1CCN(CCC(=O)Nc2sc3c(c2C#N)CCC(C)C3)CC1. The van der Waals surface area contributed by atoms with Crippen LogP contribution in [0.25, 0.3) is 0 Å². The zero-order valence-corrected chi connectivity index (χ0v) is 19.8. The maximum Gasteiger partial charge on any atom is 0.234 e. The number of hydrogen-bond donors (Lipinski definition) is 2. The third-order valence-corrected chi connectivity index (χ3v) is 7.55. The molecule has 2 unspecified atom stereocenters. The lowest BCUT2D eigenvalue weighted by atomic mass is 9.89. The molecule has 1 aliphatic heterocycles. The number of thiophene rings is 1. The number of nitriles is 1. The third-order valence-electron chi connectivity index (χ3n) is 6.38. The van der Waals surface area contributed by atoms with Crippen LogP contribution in [0.5, 0.6) is 0 Å². The van der Waals surface area contributed by atoms with Crippen molar-refractivity contribution in [3.05, 3.63) is 16.0 Å². The molecule has 0 aromatic carbocycles. The van der Waals surface area contributed by atoms with Gasteiger partial charge < -0.3 is 15.5 Å². The second-order valence-corrected chi connectivity index (χ2v) is 10.1. The molecule has 7 nitrogen and oxygen atoms in total. The van der Waals surface area contributed by atoms with Gasteiger partial charge in [-0.25, -0.2) is 0 Å². The number of rotatable bonds is 8. The highest BCUT2D eigenvalue weighted by Gasteiger charge is 2.25. The van der Waals surface area contributed by atoms with Crippen LogP contribution in [0.2, 0.25) is 0 Å². The van der Waals surface area contributed by atoms with Gasteiger partial charge in [-0.15, -0.1) is 11.3 Å². The second-order valence-electron chi connectivity index (χ2n) is 8.96. The van der Waals surface area contributed by atoms with E-state index in [-0.39, 0.29) is 17.9 Å². The van der Waals surface area contributed by atoms with Crippen LogP contribution in [-0.2, 0) is 22.4 Å². The first kappa shape index (κ1) is 23.7. The van der Waals surface area contributed by atoms with E-state index in [1.54, 1.807) is 11.3 Å². The second kappa shape index (κ2) is 11.1. The Morgan fingerprint density at radius 3 is 2.61 bits per heavy atom. The van der Waals surface area contributed by atoms with Crippen molar-refractivity contribution in [1.82, 2.24) is 15.1 Å². The van der Waals surface area contributed by atoms with Gasteiger partial charge in [-0.2, -0.15) is 5.26 Å². The van der Waals surface area contributed by atoms with Crippen molar-refractivity contribution < 1.29 is 9.59 Å². The summed E-state index contributed by atoms with van der Waals surface area (Å²) in [5.41, 5.74) is 1.82. The Bertz CT molecular complexity index is 823. The average Bonchev–Trinajstić information content (AvgIpc) is 3.08. The van der Waals surface area contributed by atoms with Gasteiger partial charge in [0.15, 0.2) is 0 Å². The fraction of sp³-hybridized carbons (Fsp3) is 0.696. The van der Waals surface area contributed by atoms with Crippen molar-refractivity contribution >= 4 is 28.2 Å². The highest BCUT2D eigenvalue weighted by Crippen LogP contribution is 2.39. The van der Waals surface area contributed by atoms with Gasteiger partial charge in [0.05, 0.1) is 12.1 Å². The maximum absolute atomic E-state index is 12.5. The molecule has 1 aliphatic carbocycles. The van der Waals surface area contributed by atoms with E-state index in [2.05, 4.69) is 40.4 Å². The van der Waals surface area contributed by atoms with Crippen LogP contribution < -0.4 is 10.6 Å². The number of hydrogen-bond acceptors (Lipinski definition) is 6. The third kappa shape index (κ3) is 6.52. The molecule has 1 saturated heterocycles. The molecule has 0 spiro atoms. The molecule has 0 radical (unpaired) electrons. The Morgan fingerprint density at radius 2 is 1.94 bits per heavy atom. The van der Waals surface area contributed by atoms with Gasteiger partial charge in [0.2, 0.25) is 11.8 Å². The monoisotopic (exact) mass is 445 g/mol. The molecule has 2 aliphatic rings. The first-order valence-corrected chi connectivity index (χ1v) is 12.3. The lowest BCUT2D eigenvalue weighted by Crippen LogP contribution is -2.50. The summed E-state index contributed by atoms with van der Waals surface area (Å²) >= 11 is 1.58. The number of carbonyl (C=O) groups excluding carboxylic acids is 2. The smallest absolute Gasteiger partial charge is 0.234 e. The van der Waals surface area contributed by atoms with Crippen molar-refractivity contribution in [2.24, 2.45) is 5.92 Å². The van der Waals surface area contributed by atoms with Crippen LogP contribution in [0.3, 0.4) is 0 Å². The maximum atomic E-state index is 12.5. The fourth-order valence-electron chi connectivity index (χ4n) is 4.20. The van der Waals surface area contributed by atoms with Crippen LogP contribution in [0, 0.1) is 17.2 Å². The minimum Gasteiger partial charge on any atom is -0.353 e. The number of fused-ring (bicyclic) bond motifs is 1. The van der Waals surface area contributed by atoms with E-state index in [1.165, 1.54) is 4.88 Å². The zero-order valence-electron chi connectivity index (χ0n) is 19.0. The number of carbonyl (C=O) groups is 2. The Labute approximate surface area is 189 Å². The number of anilines is 1. The summed E-state index contributed by atoms with van der Waals surface area (Å²) in [6.07, 6.45) is 4.40. The summed E-state index contributed by atoms with van der Waals surface area (Å²) in [6.45, 7) is 10.9. The van der Waals surface area contributed by atoms with E-state index < -0.39 is 0 Å². The van der Waals surface area contributed by atoms with E-state index in [0.29, 0.717) is 31.0 Å². The first-order valence-electron chi connectivity index (χ1n) is 11.5. The fourth-order valence-corrected chi connectivity index (χ4v) is 5.58. The van der Waals surface area contributed by atoms with E-state index in [0.717, 1.165) is 62.4 Å². The summed E-state index contributed by atoms with van der Waals surface area (Å²) in [5, 5.41) is 16.3. The van der Waals surface area contributed by atoms with Gasteiger partial charge in [0, 0.05) is 50.1 Å². The molecule has 2 amide bonds. The molecule has 0 saturated carbocycles. The Hall–Kier alpha value is -1.95. The minimum absolute atomic E-state index is 0.0292. The van der Waals surface area contributed by atoms with E-state index in [1.807, 2.05) is 6.92 Å². The highest BCUT2D eigenvalue weighted by molar-refractivity contribution is 7.16. The molecular formula is C23H35N5O2S. The van der Waals surface area contributed by atoms with E-state index in [9.17, 15) is 14.9 Å². The van der Waals surface area contributed by atoms with Crippen LogP contribution in [-0.4, -0.2) is 66.9 Å². The van der Waals surface area contributed by atoms with E-state index in [4.69, 9.17) is 0 Å². The summed E-state index contributed by atoms with van der Waals surface area (Å²) in [7, 11) is 0. The van der Waals surface area contributed by atoms with Gasteiger partial charge in [0.1, 0.15) is 11.1 Å². The predicted molar refractivity (Wildman–Crippen MR) is 124 cm³/mol. The molecule has 1 aromatic heterocycles. The van der Waals surface area contributed by atoms with E-state index >= 15 is 0 Å². The number of amides is 2. The molecule has 170 valence electrons. The molecule has 31 heavy (non-hydrogen) atoms. The van der Waals surface area contributed by atoms with Crippen molar-refractivity contribution in [3.63, 3.8) is 0 Å². The standard InChI is InChI=1S/C23H35N5O2S/c1-4-17(3)25-22(30)15-28-11-9-27(10-12-28)8-7-21(29)26-23-19(14-24)18-6-5-16(2)13-20(18)31-23/h16-17H,4-13,15H2,1-3H3,(H,25,30)(H,26,29). The zero-order chi connectivity index (χ0) is 22.4. The van der Waals surface area contributed by atoms with Crippen LogP contribution >= 0.6 is 11.3 Å². The Kier molecular flexibility index (Phi) is 8.47. The van der Waals surface area contributed by atoms with Crippen LogP contribution in [0.4, 0.5) is 5.00 Å². The van der Waals surface area contributed by atoms with Crippen molar-refractivity contribution in [1.29, 1.82) is 5.26 Å². The Balaban J connectivity index is 1.41. The van der Waals surface area contributed by atoms with Crippen molar-refractivity contribution in [3.8, 4) is 6.07 Å². The van der Waals surface area contributed by atoms with Crippen molar-refractivity contribution in [2.75, 3.05) is 44.6 Å². The number of nitrogens with zero attached hydrogens (tertiary/aromatic N) is 3. The lowest BCUT2D eigenvalue weighted by Gasteiger charge is -2.34. The average molecular weight is 446 g/mol. The molecule has 2 atom stereocenters. The number of nitrogens with one attached hydrogen (secondary N) is 2. The molecule has 0 bridgehead atoms. The normalized spacial score (nSPS) is 20.5. The minimum atomic E-state index is -0.0292. The summed E-state index contributed by atoms with van der Waals surface area (Å²) < 4.78 is 0. The largest absolute Gasteiger partial charge is 0.353 e. The van der Waals surface area contributed by atoms with Gasteiger partial charge in [-0.05, 0) is 44.1 Å². The quantitative estimate of drug-likeness (QED) is 0.642. The number of piperazine rings is 1. The molecule has 1 fully saturated rings. The van der Waals surface area contributed by atoms with Crippen LogP contribution in [0.1, 0.15) is 56.0 Å².